The molecule has 0 atom stereocenters. The van der Waals surface area contributed by atoms with Gasteiger partial charge in [0.1, 0.15) is 12.1 Å². The third kappa shape index (κ3) is 4.17. The third-order valence-corrected chi connectivity index (χ3v) is 6.23. The quantitative estimate of drug-likeness (QED) is 0.683. The van der Waals surface area contributed by atoms with Crippen molar-refractivity contribution in [3.8, 4) is 0 Å². The smallest absolute Gasteiger partial charge is 0.180 e. The van der Waals surface area contributed by atoms with Gasteiger partial charge in [-0.1, -0.05) is 0 Å². The van der Waals surface area contributed by atoms with Crippen LogP contribution in [0.4, 0.5) is 0 Å². The van der Waals surface area contributed by atoms with Gasteiger partial charge in [-0.3, -0.25) is 4.99 Å². The van der Waals surface area contributed by atoms with E-state index in [1.54, 1.807) is 0 Å². The molecule has 0 aromatic carbocycles. The minimum Gasteiger partial charge on any atom is -0.479 e. The molecule has 0 bridgehead atoms. The summed E-state index contributed by atoms with van der Waals surface area (Å²) in [6.45, 7) is 10.9. The van der Waals surface area contributed by atoms with Crippen LogP contribution >= 0.6 is 0 Å². The molecule has 0 aliphatic carbocycles. The second-order valence-corrected chi connectivity index (χ2v) is 8.48. The summed E-state index contributed by atoms with van der Waals surface area (Å²) in [6.07, 6.45) is 6.28. The summed E-state index contributed by atoms with van der Waals surface area (Å²) in [5, 5.41) is 0. The Labute approximate surface area is 147 Å². The Morgan fingerprint density at radius 1 is 0.917 bits per heavy atom. The van der Waals surface area contributed by atoms with Gasteiger partial charge in [-0.15, -0.1) is 0 Å². The minimum atomic E-state index is 0.149. The van der Waals surface area contributed by atoms with Crippen molar-refractivity contribution in [3.05, 3.63) is 0 Å². The van der Waals surface area contributed by atoms with Gasteiger partial charge in [-0.05, 0) is 71.6 Å². The van der Waals surface area contributed by atoms with Crippen LogP contribution in [0.1, 0.15) is 46.0 Å². The number of rotatable bonds is 0. The van der Waals surface area contributed by atoms with Crippen molar-refractivity contribution in [2.45, 2.75) is 51.5 Å². The van der Waals surface area contributed by atoms with Crippen molar-refractivity contribution in [3.63, 3.8) is 0 Å². The molecule has 2 saturated heterocycles. The van der Waals surface area contributed by atoms with Crippen molar-refractivity contribution >= 4 is 11.6 Å². The van der Waals surface area contributed by atoms with Gasteiger partial charge in [0.2, 0.25) is 0 Å². The second-order valence-electron chi connectivity index (χ2n) is 8.48. The maximum Gasteiger partial charge on any atom is 0.180 e. The number of nitrogens with zero attached hydrogens (tertiary/aromatic N) is 4. The van der Waals surface area contributed by atoms with Gasteiger partial charge in [-0.25, -0.2) is 4.99 Å². The Bertz CT molecular complexity index is 497. The predicted molar refractivity (Wildman–Crippen MR) is 100 cm³/mol. The van der Waals surface area contributed by atoms with Gasteiger partial charge in [0, 0.05) is 32.3 Å². The number of aliphatic imine (C=N–C) groups is 2. The zero-order chi connectivity index (χ0) is 17.2. The highest BCUT2D eigenvalue weighted by Crippen LogP contribution is 2.38. The van der Waals surface area contributed by atoms with E-state index in [4.69, 9.17) is 4.74 Å². The first-order valence-corrected chi connectivity index (χ1v) is 9.47. The van der Waals surface area contributed by atoms with Crippen LogP contribution in [0.2, 0.25) is 0 Å². The number of piperidine rings is 2. The van der Waals surface area contributed by atoms with Crippen LogP contribution in [-0.2, 0) is 4.74 Å². The van der Waals surface area contributed by atoms with Crippen LogP contribution in [0.5, 0.6) is 0 Å². The lowest BCUT2D eigenvalue weighted by Crippen LogP contribution is -2.42. The average Bonchev–Trinajstić information content (AvgIpc) is 3.11. The lowest BCUT2D eigenvalue weighted by Gasteiger charge is -2.37. The molecule has 0 amide bonds. The van der Waals surface area contributed by atoms with Gasteiger partial charge in [0.25, 0.3) is 0 Å². The summed E-state index contributed by atoms with van der Waals surface area (Å²) < 4.78 is 5.41. The Kier molecular flexibility index (Phi) is 5.30. The fourth-order valence-corrected chi connectivity index (χ4v) is 4.31. The van der Waals surface area contributed by atoms with Crippen LogP contribution in [0.15, 0.2) is 9.98 Å². The normalized spacial score (nSPS) is 29.0. The highest BCUT2D eigenvalue weighted by Gasteiger charge is 2.38. The molecule has 2 fully saturated rings. The molecule has 4 heterocycles. The van der Waals surface area contributed by atoms with Gasteiger partial charge in [0.15, 0.2) is 5.90 Å². The number of hydrogen-bond acceptors (Lipinski definition) is 5. The molecule has 0 N–H and O–H groups in total. The predicted octanol–water partition coefficient (Wildman–Crippen LogP) is 2.46. The van der Waals surface area contributed by atoms with Crippen molar-refractivity contribution in [2.75, 3.05) is 53.4 Å². The molecule has 5 heteroatoms. The maximum absolute atomic E-state index is 5.41. The molecule has 2 spiro atoms. The van der Waals surface area contributed by atoms with Crippen LogP contribution in [-0.4, -0.2) is 80.4 Å². The van der Waals surface area contributed by atoms with E-state index in [0.717, 1.165) is 45.0 Å². The fourth-order valence-electron chi connectivity index (χ4n) is 4.31. The van der Waals surface area contributed by atoms with E-state index in [-0.39, 0.29) is 5.54 Å². The van der Waals surface area contributed by atoms with E-state index in [1.165, 1.54) is 38.1 Å². The van der Waals surface area contributed by atoms with E-state index in [9.17, 15) is 0 Å². The standard InChI is InChI=1S/C10H18N2.C9H16N2O/c1-9-7-10(8-11-9)3-5-12(2)6-4-10;1-8-10-9(7-12-8)3-5-11(2)6-4-9/h3-8H2,1-2H3;3-7H2,1-2H3. The van der Waals surface area contributed by atoms with Crippen molar-refractivity contribution in [2.24, 2.45) is 15.4 Å². The molecule has 24 heavy (non-hydrogen) atoms. The van der Waals surface area contributed by atoms with Crippen LogP contribution in [0.3, 0.4) is 0 Å². The van der Waals surface area contributed by atoms with E-state index in [2.05, 4.69) is 40.8 Å². The molecular formula is C19H34N4O. The molecule has 4 aliphatic rings. The molecular weight excluding hydrogens is 300 g/mol. The molecule has 136 valence electrons. The van der Waals surface area contributed by atoms with E-state index >= 15 is 0 Å². The molecule has 4 rings (SSSR count). The number of likely N-dealkylation sites (tertiary alicyclic amines) is 2. The fraction of sp³-hybridized carbons (Fsp3) is 0.895. The van der Waals surface area contributed by atoms with Gasteiger partial charge < -0.3 is 14.5 Å². The molecule has 5 nitrogen and oxygen atoms in total. The van der Waals surface area contributed by atoms with Crippen molar-refractivity contribution < 1.29 is 4.74 Å². The molecule has 0 aromatic rings. The van der Waals surface area contributed by atoms with Gasteiger partial charge in [0.05, 0.1) is 0 Å². The Morgan fingerprint density at radius 3 is 1.96 bits per heavy atom. The summed E-state index contributed by atoms with van der Waals surface area (Å²) in [4.78, 5) is 13.9. The van der Waals surface area contributed by atoms with Crippen molar-refractivity contribution in [1.29, 1.82) is 0 Å². The van der Waals surface area contributed by atoms with Gasteiger partial charge >= 0.3 is 0 Å². The minimum absolute atomic E-state index is 0.149. The summed E-state index contributed by atoms with van der Waals surface area (Å²) >= 11 is 0. The first kappa shape index (κ1) is 17.9. The molecule has 0 unspecified atom stereocenters. The Balaban J connectivity index is 0.000000141. The second kappa shape index (κ2) is 7.12. The zero-order valence-electron chi connectivity index (χ0n) is 16.0. The third-order valence-electron chi connectivity index (χ3n) is 6.23. The summed E-state index contributed by atoms with van der Waals surface area (Å²) in [5.41, 5.74) is 2.10. The van der Waals surface area contributed by atoms with Crippen molar-refractivity contribution in [1.82, 2.24) is 9.80 Å². The summed E-state index contributed by atoms with van der Waals surface area (Å²) in [5.74, 6) is 0.875. The zero-order valence-corrected chi connectivity index (χ0v) is 16.0. The average molecular weight is 335 g/mol. The van der Waals surface area contributed by atoms with Crippen LogP contribution in [0.25, 0.3) is 0 Å². The molecule has 0 aromatic heterocycles. The van der Waals surface area contributed by atoms with Crippen LogP contribution in [0, 0.1) is 5.41 Å². The monoisotopic (exact) mass is 334 g/mol. The number of hydrogen-bond donors (Lipinski definition) is 0. The SMILES string of the molecule is CC1=NC2(CCN(C)CC2)CO1.CC1=NCC2(CCN(C)CC2)C1. The van der Waals surface area contributed by atoms with E-state index in [1.807, 2.05) is 6.92 Å². The Morgan fingerprint density at radius 2 is 1.50 bits per heavy atom. The first-order valence-electron chi connectivity index (χ1n) is 9.47. The number of ether oxygens (including phenoxy) is 1. The van der Waals surface area contributed by atoms with Crippen LogP contribution < -0.4 is 0 Å². The topological polar surface area (TPSA) is 40.4 Å². The van der Waals surface area contributed by atoms with E-state index in [0.29, 0.717) is 5.41 Å². The van der Waals surface area contributed by atoms with Gasteiger partial charge in [-0.2, -0.15) is 0 Å². The molecule has 4 aliphatic heterocycles. The summed E-state index contributed by atoms with van der Waals surface area (Å²) in [6, 6.07) is 0. The first-order chi connectivity index (χ1) is 11.4. The Hall–Kier alpha value is -0.940. The molecule has 0 saturated carbocycles. The largest absolute Gasteiger partial charge is 0.479 e. The lowest BCUT2D eigenvalue weighted by molar-refractivity contribution is 0.143. The summed E-state index contributed by atoms with van der Waals surface area (Å²) in [7, 11) is 4.38. The maximum atomic E-state index is 5.41. The molecule has 0 radical (unpaired) electrons. The van der Waals surface area contributed by atoms with E-state index < -0.39 is 0 Å². The highest BCUT2D eigenvalue weighted by atomic mass is 16.5. The lowest BCUT2D eigenvalue weighted by atomic mass is 9.76. The highest BCUT2D eigenvalue weighted by molar-refractivity contribution is 5.84.